The van der Waals surface area contributed by atoms with Gasteiger partial charge in [0.1, 0.15) is 18.9 Å². The number of nitrogens with zero attached hydrogens (tertiary/aromatic N) is 7. The molecule has 9 nitrogen and oxygen atoms in total. The lowest BCUT2D eigenvalue weighted by atomic mass is 10.7. The third-order valence-electron chi connectivity index (χ3n) is 2.15. The van der Waals surface area contributed by atoms with E-state index in [9.17, 15) is 0 Å². The first-order valence-corrected chi connectivity index (χ1v) is 6.59. The maximum Gasteiger partial charge on any atom is 0.263 e. The quantitative estimate of drug-likeness (QED) is 0.736. The average Bonchev–Trinajstić information content (AvgIpc) is 3.11. The Balaban J connectivity index is 1.96. The first-order chi connectivity index (χ1) is 9.85. The lowest BCUT2D eigenvalue weighted by molar-refractivity contribution is 0.453. The molecule has 0 aromatic carbocycles. The molecule has 102 valence electrons. The third-order valence-corrected chi connectivity index (χ3v) is 2.89. The van der Waals surface area contributed by atoms with Crippen molar-refractivity contribution in [1.29, 1.82) is 0 Å². The molecule has 0 aliphatic rings. The third kappa shape index (κ3) is 2.74. The highest BCUT2D eigenvalue weighted by Gasteiger charge is 2.11. The van der Waals surface area contributed by atoms with Crippen molar-refractivity contribution in [3.63, 3.8) is 0 Å². The van der Waals surface area contributed by atoms with Crippen molar-refractivity contribution in [3.8, 4) is 5.95 Å². The van der Waals surface area contributed by atoms with Gasteiger partial charge in [0, 0.05) is 18.3 Å². The van der Waals surface area contributed by atoms with E-state index in [4.69, 9.17) is 4.42 Å². The Kier molecular flexibility index (Phi) is 3.54. The van der Waals surface area contributed by atoms with Gasteiger partial charge in [-0.25, -0.2) is 9.97 Å². The van der Waals surface area contributed by atoms with E-state index in [-0.39, 0.29) is 0 Å². The van der Waals surface area contributed by atoms with E-state index < -0.39 is 0 Å². The second-order valence-electron chi connectivity index (χ2n) is 3.51. The van der Waals surface area contributed by atoms with Crippen LogP contribution in [-0.4, -0.2) is 41.2 Å². The highest BCUT2D eigenvalue weighted by atomic mass is 32.2. The number of oxazole rings is 1. The monoisotopic (exact) mass is 290 g/mol. The zero-order valence-corrected chi connectivity index (χ0v) is 11.3. The molecule has 3 aromatic rings. The molecule has 0 unspecified atom stereocenters. The second-order valence-corrected chi connectivity index (χ2v) is 4.43. The van der Waals surface area contributed by atoms with Gasteiger partial charge >= 0.3 is 0 Å². The van der Waals surface area contributed by atoms with E-state index in [0.29, 0.717) is 28.8 Å². The maximum absolute atomic E-state index is 5.16. The van der Waals surface area contributed by atoms with E-state index in [1.807, 2.05) is 6.92 Å². The summed E-state index contributed by atoms with van der Waals surface area (Å²) < 4.78 is 6.62. The Morgan fingerprint density at radius 2 is 2.30 bits per heavy atom. The number of anilines is 1. The van der Waals surface area contributed by atoms with Crippen molar-refractivity contribution in [2.75, 3.05) is 11.9 Å². The minimum Gasteiger partial charge on any atom is -0.440 e. The molecule has 0 aliphatic heterocycles. The number of hydrogen-bond donors (Lipinski definition) is 1. The number of rotatable bonds is 5. The summed E-state index contributed by atoms with van der Waals surface area (Å²) in [6.45, 7) is 2.66. The normalized spacial score (nSPS) is 10.7. The zero-order valence-electron chi connectivity index (χ0n) is 10.5. The Labute approximate surface area is 117 Å². The Morgan fingerprint density at radius 1 is 1.35 bits per heavy atom. The first-order valence-electron chi connectivity index (χ1n) is 5.77. The highest BCUT2D eigenvalue weighted by molar-refractivity contribution is 7.98. The topological polar surface area (TPSA) is 107 Å². The average molecular weight is 290 g/mol. The molecule has 0 aliphatic carbocycles. The van der Waals surface area contributed by atoms with Crippen LogP contribution in [0.2, 0.25) is 0 Å². The summed E-state index contributed by atoms with van der Waals surface area (Å²) >= 11 is 1.20. The lowest BCUT2D eigenvalue weighted by Crippen LogP contribution is -2.09. The van der Waals surface area contributed by atoms with Gasteiger partial charge in [0.15, 0.2) is 0 Å². The number of nitrogens with one attached hydrogen (secondary N) is 1. The van der Waals surface area contributed by atoms with Crippen molar-refractivity contribution in [2.24, 2.45) is 0 Å². The minimum atomic E-state index is 0.377. The molecule has 0 bridgehead atoms. The van der Waals surface area contributed by atoms with Crippen molar-refractivity contribution >= 4 is 17.7 Å². The zero-order chi connectivity index (χ0) is 13.8. The summed E-state index contributed by atoms with van der Waals surface area (Å²) in [6.07, 6.45) is 5.99. The van der Waals surface area contributed by atoms with E-state index in [1.54, 1.807) is 6.20 Å². The Hall–Kier alpha value is -2.49. The summed E-state index contributed by atoms with van der Waals surface area (Å²) in [7, 11) is 0. The van der Waals surface area contributed by atoms with Crippen LogP contribution in [0.5, 0.6) is 0 Å². The maximum atomic E-state index is 5.16. The van der Waals surface area contributed by atoms with Crippen LogP contribution in [0.3, 0.4) is 0 Å². The van der Waals surface area contributed by atoms with Crippen LogP contribution in [-0.2, 0) is 0 Å². The Morgan fingerprint density at radius 3 is 3.00 bits per heavy atom. The molecule has 0 atom stereocenters. The van der Waals surface area contributed by atoms with Crippen molar-refractivity contribution in [2.45, 2.75) is 17.3 Å². The molecule has 0 amide bonds. The van der Waals surface area contributed by atoms with Gasteiger partial charge in [-0.05, 0) is 6.92 Å². The van der Waals surface area contributed by atoms with Gasteiger partial charge in [-0.1, -0.05) is 0 Å². The predicted octanol–water partition coefficient (Wildman–Crippen LogP) is 1.02. The van der Waals surface area contributed by atoms with E-state index in [1.165, 1.54) is 35.4 Å². The molecule has 0 radical (unpaired) electrons. The van der Waals surface area contributed by atoms with E-state index >= 15 is 0 Å². The van der Waals surface area contributed by atoms with Crippen LogP contribution in [0.15, 0.2) is 39.9 Å². The molecule has 0 saturated carbocycles. The molecule has 3 rings (SSSR count). The number of aromatic nitrogens is 7. The van der Waals surface area contributed by atoms with Crippen LogP contribution in [0.4, 0.5) is 5.95 Å². The van der Waals surface area contributed by atoms with Gasteiger partial charge in [-0.15, -0.1) is 0 Å². The van der Waals surface area contributed by atoms with Crippen LogP contribution in [0, 0.1) is 0 Å². The SMILES string of the molecule is CCNc1nc(Sc2ncco2)nc(-n2cncn2)n1. The smallest absolute Gasteiger partial charge is 0.263 e. The van der Waals surface area contributed by atoms with Crippen molar-refractivity contribution in [3.05, 3.63) is 25.1 Å². The van der Waals surface area contributed by atoms with Crippen LogP contribution in [0.25, 0.3) is 5.95 Å². The van der Waals surface area contributed by atoms with Gasteiger partial charge in [-0.3, -0.25) is 0 Å². The largest absolute Gasteiger partial charge is 0.440 e. The van der Waals surface area contributed by atoms with Crippen LogP contribution >= 0.6 is 11.8 Å². The molecule has 0 fully saturated rings. The van der Waals surface area contributed by atoms with Crippen LogP contribution in [0.1, 0.15) is 6.92 Å². The standard InChI is InChI=1S/C10H10N8OS/c1-2-12-7-15-8(18-6-11-5-14-18)17-9(16-7)20-10-13-3-4-19-10/h3-6H,2H2,1H3,(H,12,15,16,17). The minimum absolute atomic E-state index is 0.377. The van der Waals surface area contributed by atoms with Gasteiger partial charge < -0.3 is 9.73 Å². The lowest BCUT2D eigenvalue weighted by Gasteiger charge is -2.05. The van der Waals surface area contributed by atoms with Gasteiger partial charge in [-0.2, -0.15) is 24.7 Å². The number of hydrogen-bond acceptors (Lipinski definition) is 9. The van der Waals surface area contributed by atoms with Crippen molar-refractivity contribution < 1.29 is 4.42 Å². The molecule has 0 saturated heterocycles. The van der Waals surface area contributed by atoms with Gasteiger partial charge in [0.05, 0.1) is 6.20 Å². The summed E-state index contributed by atoms with van der Waals surface area (Å²) in [5, 5.41) is 7.97. The van der Waals surface area contributed by atoms with Gasteiger partial charge in [0.2, 0.25) is 11.1 Å². The first kappa shape index (κ1) is 12.5. The molecule has 20 heavy (non-hydrogen) atoms. The summed E-state index contributed by atoms with van der Waals surface area (Å²) in [6, 6.07) is 0. The molecule has 0 spiro atoms. The van der Waals surface area contributed by atoms with Crippen molar-refractivity contribution in [1.82, 2.24) is 34.7 Å². The highest BCUT2D eigenvalue weighted by Crippen LogP contribution is 2.23. The molecule has 3 heterocycles. The molecule has 3 aromatic heterocycles. The molecular weight excluding hydrogens is 280 g/mol. The van der Waals surface area contributed by atoms with E-state index in [0.717, 1.165) is 0 Å². The summed E-state index contributed by atoms with van der Waals surface area (Å²) in [5.41, 5.74) is 0. The van der Waals surface area contributed by atoms with E-state index in [2.05, 4.69) is 35.3 Å². The summed E-state index contributed by atoms with van der Waals surface area (Å²) in [5.74, 6) is 0.838. The van der Waals surface area contributed by atoms with Gasteiger partial charge in [0.25, 0.3) is 11.2 Å². The summed E-state index contributed by atoms with van der Waals surface area (Å²) in [4.78, 5) is 20.7. The molecule has 1 N–H and O–H groups in total. The fourth-order valence-electron chi connectivity index (χ4n) is 1.38. The molecule has 10 heteroatoms. The van der Waals surface area contributed by atoms with Crippen LogP contribution < -0.4 is 5.32 Å². The fourth-order valence-corrected chi connectivity index (χ4v) is 2.01. The fraction of sp³-hybridized carbons (Fsp3) is 0.200. The Bertz CT molecular complexity index is 669. The second kappa shape index (κ2) is 5.65. The molecular formula is C10H10N8OS. The predicted molar refractivity (Wildman–Crippen MR) is 69.5 cm³/mol.